The molecule has 0 spiro atoms. The van der Waals surface area contributed by atoms with E-state index in [1.807, 2.05) is 6.92 Å². The number of nitrogens with one attached hydrogen (secondary N) is 1. The first-order valence-electron chi connectivity index (χ1n) is 7.44. The molecule has 0 saturated carbocycles. The van der Waals surface area contributed by atoms with Crippen LogP contribution in [0.15, 0.2) is 24.3 Å². The van der Waals surface area contributed by atoms with Crippen molar-refractivity contribution >= 4 is 10.0 Å². The van der Waals surface area contributed by atoms with Gasteiger partial charge in [0.25, 0.3) is 0 Å². The largest absolute Gasteiger partial charge is 0.317 e. The Morgan fingerprint density at radius 1 is 1.24 bits per heavy atom. The average Bonchev–Trinajstić information content (AvgIpc) is 2.48. The summed E-state index contributed by atoms with van der Waals surface area (Å²) < 4.78 is 39.5. The number of hydrogen-bond acceptors (Lipinski definition) is 3. The molecule has 0 aliphatic carbocycles. The van der Waals surface area contributed by atoms with Gasteiger partial charge in [-0.15, -0.1) is 0 Å². The standard InChI is InChI=1S/C15H23FN2O2S/c1-2-18(11-13-7-9-17-10-8-13)21(19,20)12-14-3-5-15(16)6-4-14/h3-6,13,17H,2,7-12H2,1H3. The zero-order valence-corrected chi connectivity index (χ0v) is 13.2. The van der Waals surface area contributed by atoms with Gasteiger partial charge in [-0.3, -0.25) is 0 Å². The van der Waals surface area contributed by atoms with E-state index in [2.05, 4.69) is 5.32 Å². The van der Waals surface area contributed by atoms with Crippen molar-refractivity contribution < 1.29 is 12.8 Å². The first kappa shape index (κ1) is 16.4. The van der Waals surface area contributed by atoms with Crippen LogP contribution < -0.4 is 5.32 Å². The minimum Gasteiger partial charge on any atom is -0.317 e. The molecule has 1 aromatic rings. The molecule has 1 N–H and O–H groups in total. The predicted octanol–water partition coefficient (Wildman–Crippen LogP) is 1.98. The second-order valence-electron chi connectivity index (χ2n) is 5.53. The lowest BCUT2D eigenvalue weighted by atomic mass is 9.98. The van der Waals surface area contributed by atoms with Gasteiger partial charge in [-0.1, -0.05) is 19.1 Å². The van der Waals surface area contributed by atoms with Crippen molar-refractivity contribution in [2.24, 2.45) is 5.92 Å². The van der Waals surface area contributed by atoms with E-state index in [0.717, 1.165) is 25.9 Å². The fourth-order valence-electron chi connectivity index (χ4n) is 2.67. The molecule has 0 unspecified atom stereocenters. The molecule has 6 heteroatoms. The van der Waals surface area contributed by atoms with Crippen LogP contribution in [-0.4, -0.2) is 38.9 Å². The average molecular weight is 314 g/mol. The molecule has 0 amide bonds. The molecular weight excluding hydrogens is 291 g/mol. The Labute approximate surface area is 126 Å². The van der Waals surface area contributed by atoms with E-state index >= 15 is 0 Å². The molecule has 0 atom stereocenters. The highest BCUT2D eigenvalue weighted by Gasteiger charge is 2.25. The van der Waals surface area contributed by atoms with Gasteiger partial charge >= 0.3 is 0 Å². The molecule has 118 valence electrons. The summed E-state index contributed by atoms with van der Waals surface area (Å²) >= 11 is 0. The summed E-state index contributed by atoms with van der Waals surface area (Å²) in [7, 11) is -3.35. The van der Waals surface area contributed by atoms with E-state index in [9.17, 15) is 12.8 Å². The Bertz CT molecular complexity index is 539. The minimum atomic E-state index is -3.35. The van der Waals surface area contributed by atoms with Crippen LogP contribution in [0.25, 0.3) is 0 Å². The summed E-state index contributed by atoms with van der Waals surface area (Å²) in [6.07, 6.45) is 2.03. The SMILES string of the molecule is CCN(CC1CCNCC1)S(=O)(=O)Cc1ccc(F)cc1. The predicted molar refractivity (Wildman–Crippen MR) is 81.9 cm³/mol. The van der Waals surface area contributed by atoms with Crippen LogP contribution in [0.2, 0.25) is 0 Å². The monoisotopic (exact) mass is 314 g/mol. The minimum absolute atomic E-state index is 0.0634. The van der Waals surface area contributed by atoms with Crippen LogP contribution >= 0.6 is 0 Å². The van der Waals surface area contributed by atoms with Gasteiger partial charge in [-0.2, -0.15) is 0 Å². The topological polar surface area (TPSA) is 49.4 Å². The molecule has 1 saturated heterocycles. The third-order valence-electron chi connectivity index (χ3n) is 3.93. The Hall–Kier alpha value is -0.980. The first-order valence-corrected chi connectivity index (χ1v) is 9.05. The lowest BCUT2D eigenvalue weighted by Crippen LogP contribution is -2.39. The molecule has 4 nitrogen and oxygen atoms in total. The number of sulfonamides is 1. The third kappa shape index (κ3) is 4.76. The van der Waals surface area contributed by atoms with Crippen molar-refractivity contribution in [2.45, 2.75) is 25.5 Å². The van der Waals surface area contributed by atoms with Gasteiger partial charge in [0.2, 0.25) is 10.0 Å². The molecule has 21 heavy (non-hydrogen) atoms. The number of nitrogens with zero attached hydrogens (tertiary/aromatic N) is 1. The normalized spacial score (nSPS) is 17.3. The summed E-state index contributed by atoms with van der Waals surface area (Å²) in [5, 5.41) is 3.29. The van der Waals surface area contributed by atoms with Gasteiger partial charge in [-0.25, -0.2) is 17.1 Å². The number of rotatable bonds is 6. The maximum Gasteiger partial charge on any atom is 0.218 e. The summed E-state index contributed by atoms with van der Waals surface area (Å²) in [6.45, 7) is 4.85. The van der Waals surface area contributed by atoms with Crippen LogP contribution in [0.1, 0.15) is 25.3 Å². The number of hydrogen-bond donors (Lipinski definition) is 1. The van der Waals surface area contributed by atoms with E-state index < -0.39 is 10.0 Å². The third-order valence-corrected chi connectivity index (χ3v) is 5.82. The van der Waals surface area contributed by atoms with Crippen LogP contribution in [-0.2, 0) is 15.8 Å². The second-order valence-corrected chi connectivity index (χ2v) is 7.50. The fraction of sp³-hybridized carbons (Fsp3) is 0.600. The Balaban J connectivity index is 2.02. The Kier molecular flexibility index (Phi) is 5.72. The van der Waals surface area contributed by atoms with E-state index in [-0.39, 0.29) is 11.6 Å². The number of benzene rings is 1. The van der Waals surface area contributed by atoms with Gasteiger partial charge < -0.3 is 5.32 Å². The van der Waals surface area contributed by atoms with Crippen molar-refractivity contribution in [3.63, 3.8) is 0 Å². The summed E-state index contributed by atoms with van der Waals surface area (Å²) in [5.41, 5.74) is 0.625. The van der Waals surface area contributed by atoms with Crippen molar-refractivity contribution in [1.29, 1.82) is 0 Å². The molecule has 1 fully saturated rings. The molecule has 2 rings (SSSR count). The van der Waals surface area contributed by atoms with Gasteiger partial charge in [0, 0.05) is 13.1 Å². The van der Waals surface area contributed by atoms with E-state index in [4.69, 9.17) is 0 Å². The molecular formula is C15H23FN2O2S. The van der Waals surface area contributed by atoms with Crippen molar-refractivity contribution in [1.82, 2.24) is 9.62 Å². The zero-order chi connectivity index (χ0) is 15.3. The van der Waals surface area contributed by atoms with Crippen LogP contribution in [0, 0.1) is 11.7 Å². The molecule has 1 heterocycles. The van der Waals surface area contributed by atoms with Gasteiger partial charge in [-0.05, 0) is 49.5 Å². The quantitative estimate of drug-likeness (QED) is 0.873. The van der Waals surface area contributed by atoms with E-state index in [0.29, 0.717) is 24.6 Å². The van der Waals surface area contributed by atoms with Crippen LogP contribution in [0.4, 0.5) is 4.39 Å². The van der Waals surface area contributed by atoms with E-state index in [1.165, 1.54) is 24.3 Å². The summed E-state index contributed by atoms with van der Waals surface area (Å²) in [6, 6.07) is 5.67. The van der Waals surface area contributed by atoms with Crippen molar-refractivity contribution in [2.75, 3.05) is 26.2 Å². The summed E-state index contributed by atoms with van der Waals surface area (Å²) in [4.78, 5) is 0. The summed E-state index contributed by atoms with van der Waals surface area (Å²) in [5.74, 6) is 0.0129. The van der Waals surface area contributed by atoms with Crippen molar-refractivity contribution in [3.8, 4) is 0 Å². The Morgan fingerprint density at radius 2 is 1.86 bits per heavy atom. The highest BCUT2D eigenvalue weighted by atomic mass is 32.2. The Morgan fingerprint density at radius 3 is 2.43 bits per heavy atom. The highest BCUT2D eigenvalue weighted by Crippen LogP contribution is 2.18. The molecule has 0 radical (unpaired) electrons. The molecule has 1 aliphatic heterocycles. The maximum absolute atomic E-state index is 12.9. The number of halogens is 1. The molecule has 0 aromatic heterocycles. The van der Waals surface area contributed by atoms with Crippen molar-refractivity contribution in [3.05, 3.63) is 35.6 Å². The second kappa shape index (κ2) is 7.33. The molecule has 1 aliphatic rings. The van der Waals surface area contributed by atoms with Crippen LogP contribution in [0.3, 0.4) is 0 Å². The zero-order valence-electron chi connectivity index (χ0n) is 12.4. The molecule has 0 bridgehead atoms. The molecule has 1 aromatic carbocycles. The van der Waals surface area contributed by atoms with Crippen LogP contribution in [0.5, 0.6) is 0 Å². The van der Waals surface area contributed by atoms with Gasteiger partial charge in [0.1, 0.15) is 5.82 Å². The highest BCUT2D eigenvalue weighted by molar-refractivity contribution is 7.88. The first-order chi connectivity index (χ1) is 10.0. The van der Waals surface area contributed by atoms with Gasteiger partial charge in [0.15, 0.2) is 0 Å². The lowest BCUT2D eigenvalue weighted by molar-refractivity contribution is 0.294. The van der Waals surface area contributed by atoms with E-state index in [1.54, 1.807) is 4.31 Å². The lowest BCUT2D eigenvalue weighted by Gasteiger charge is -2.28. The number of piperidine rings is 1. The maximum atomic E-state index is 12.9. The fourth-order valence-corrected chi connectivity index (χ4v) is 4.30. The smallest absolute Gasteiger partial charge is 0.218 e. The van der Waals surface area contributed by atoms with Gasteiger partial charge in [0.05, 0.1) is 5.75 Å².